The number of esters is 1. The van der Waals surface area contributed by atoms with E-state index in [-0.39, 0.29) is 33.2 Å². The summed E-state index contributed by atoms with van der Waals surface area (Å²) in [5.41, 5.74) is 0.445. The highest BCUT2D eigenvalue weighted by Crippen LogP contribution is 2.36. The molecule has 2 amide bonds. The van der Waals surface area contributed by atoms with Gasteiger partial charge in [0.15, 0.2) is 5.75 Å². The molecule has 2 rings (SSSR count). The van der Waals surface area contributed by atoms with Gasteiger partial charge >= 0.3 is 5.97 Å². The Balaban J connectivity index is 2.14. The van der Waals surface area contributed by atoms with Crippen molar-refractivity contribution >= 4 is 58.2 Å². The van der Waals surface area contributed by atoms with Crippen LogP contribution in [-0.2, 0) is 14.3 Å². The molecule has 1 aliphatic heterocycles. The first-order valence-electron chi connectivity index (χ1n) is 7.28. The van der Waals surface area contributed by atoms with Gasteiger partial charge in [-0.25, -0.2) is 0 Å². The molecule has 1 heterocycles. The standard InChI is InChI=1S/C16H15Cl2NO5S/c1-8(2)7-24-13(20)6-19-15(22)12(25-16(19)23)5-9-3-10(17)14(21)11(18)4-9/h3-5,8,21H,6-7H2,1-2H3/b12-5-. The molecule has 0 atom stereocenters. The summed E-state index contributed by atoms with van der Waals surface area (Å²) < 4.78 is 4.98. The Kier molecular flexibility index (Phi) is 6.37. The molecule has 0 aliphatic carbocycles. The molecule has 0 saturated carbocycles. The highest BCUT2D eigenvalue weighted by atomic mass is 35.5. The highest BCUT2D eigenvalue weighted by Gasteiger charge is 2.36. The van der Waals surface area contributed by atoms with Crippen molar-refractivity contribution < 1.29 is 24.2 Å². The van der Waals surface area contributed by atoms with Crippen LogP contribution in [0.5, 0.6) is 5.75 Å². The Bertz CT molecular complexity index is 740. The van der Waals surface area contributed by atoms with Crippen LogP contribution in [0, 0.1) is 5.92 Å². The second-order valence-corrected chi connectivity index (χ2v) is 7.49. The van der Waals surface area contributed by atoms with Gasteiger partial charge in [-0.15, -0.1) is 0 Å². The van der Waals surface area contributed by atoms with Crippen molar-refractivity contribution in [2.24, 2.45) is 5.92 Å². The van der Waals surface area contributed by atoms with Crippen molar-refractivity contribution in [3.63, 3.8) is 0 Å². The van der Waals surface area contributed by atoms with Crippen molar-refractivity contribution in [3.05, 3.63) is 32.6 Å². The molecular weight excluding hydrogens is 389 g/mol. The molecule has 134 valence electrons. The minimum atomic E-state index is -0.645. The summed E-state index contributed by atoms with van der Waals surface area (Å²) in [6, 6.07) is 2.82. The SMILES string of the molecule is CC(C)COC(=O)CN1C(=O)S/C(=C\c2cc(Cl)c(O)c(Cl)c2)C1=O. The molecule has 6 nitrogen and oxygen atoms in total. The molecule has 1 saturated heterocycles. The van der Waals surface area contributed by atoms with E-state index in [1.807, 2.05) is 13.8 Å². The van der Waals surface area contributed by atoms with E-state index in [1.165, 1.54) is 18.2 Å². The third-order valence-corrected chi connectivity index (χ3v) is 4.56. The summed E-state index contributed by atoms with van der Waals surface area (Å²) in [4.78, 5) is 37.0. The number of ether oxygens (including phenoxy) is 1. The van der Waals surface area contributed by atoms with Crippen molar-refractivity contribution in [3.8, 4) is 5.75 Å². The van der Waals surface area contributed by atoms with E-state index < -0.39 is 23.7 Å². The quantitative estimate of drug-likeness (QED) is 0.591. The van der Waals surface area contributed by atoms with Gasteiger partial charge in [0, 0.05) is 0 Å². The van der Waals surface area contributed by atoms with E-state index in [0.29, 0.717) is 17.3 Å². The molecule has 0 bridgehead atoms. The number of amides is 2. The van der Waals surface area contributed by atoms with Crippen molar-refractivity contribution in [2.75, 3.05) is 13.2 Å². The van der Waals surface area contributed by atoms with E-state index in [0.717, 1.165) is 4.90 Å². The van der Waals surface area contributed by atoms with Gasteiger partial charge in [0.1, 0.15) is 6.54 Å². The van der Waals surface area contributed by atoms with E-state index >= 15 is 0 Å². The van der Waals surface area contributed by atoms with Gasteiger partial charge in [0.05, 0.1) is 21.6 Å². The number of carbonyl (C=O) groups excluding carboxylic acids is 3. The summed E-state index contributed by atoms with van der Waals surface area (Å²) in [6.45, 7) is 3.54. The second kappa shape index (κ2) is 8.12. The summed E-state index contributed by atoms with van der Waals surface area (Å²) in [5.74, 6) is -1.35. The van der Waals surface area contributed by atoms with Gasteiger partial charge in [0.2, 0.25) is 0 Å². The van der Waals surface area contributed by atoms with Crippen LogP contribution in [0.25, 0.3) is 6.08 Å². The van der Waals surface area contributed by atoms with Crippen molar-refractivity contribution in [2.45, 2.75) is 13.8 Å². The summed E-state index contributed by atoms with van der Waals surface area (Å²) >= 11 is 12.4. The molecule has 25 heavy (non-hydrogen) atoms. The number of phenolic OH excluding ortho intramolecular Hbond substituents is 1. The van der Waals surface area contributed by atoms with Gasteiger partial charge in [0.25, 0.3) is 11.1 Å². The van der Waals surface area contributed by atoms with Crippen LogP contribution in [0.2, 0.25) is 10.0 Å². The maximum absolute atomic E-state index is 12.3. The Morgan fingerprint density at radius 1 is 1.32 bits per heavy atom. The van der Waals surface area contributed by atoms with Crippen LogP contribution in [0.4, 0.5) is 4.79 Å². The molecule has 1 aliphatic rings. The highest BCUT2D eigenvalue weighted by molar-refractivity contribution is 8.18. The lowest BCUT2D eigenvalue weighted by Crippen LogP contribution is -2.34. The number of hydrogen-bond donors (Lipinski definition) is 1. The van der Waals surface area contributed by atoms with Crippen LogP contribution < -0.4 is 0 Å². The zero-order valence-electron chi connectivity index (χ0n) is 13.4. The van der Waals surface area contributed by atoms with E-state index in [9.17, 15) is 19.5 Å². The minimum absolute atomic E-state index is 0.0234. The lowest BCUT2D eigenvalue weighted by Gasteiger charge is -2.12. The van der Waals surface area contributed by atoms with E-state index in [4.69, 9.17) is 27.9 Å². The average Bonchev–Trinajstić information content (AvgIpc) is 2.78. The fourth-order valence-electron chi connectivity index (χ4n) is 1.89. The first-order chi connectivity index (χ1) is 11.7. The number of rotatable bonds is 5. The Labute approximate surface area is 158 Å². The first-order valence-corrected chi connectivity index (χ1v) is 8.85. The van der Waals surface area contributed by atoms with Gasteiger partial charge in [-0.1, -0.05) is 37.0 Å². The van der Waals surface area contributed by atoms with Crippen LogP contribution in [-0.4, -0.2) is 40.3 Å². The predicted molar refractivity (Wildman–Crippen MR) is 96.6 cm³/mol. The smallest absolute Gasteiger partial charge is 0.326 e. The average molecular weight is 404 g/mol. The Hall–Kier alpha value is -1.70. The largest absolute Gasteiger partial charge is 0.505 e. The fourth-order valence-corrected chi connectivity index (χ4v) is 3.23. The van der Waals surface area contributed by atoms with Gasteiger partial charge in [-0.05, 0) is 41.5 Å². The third kappa shape index (κ3) is 4.90. The Morgan fingerprint density at radius 3 is 2.48 bits per heavy atom. The summed E-state index contributed by atoms with van der Waals surface area (Å²) in [7, 11) is 0. The van der Waals surface area contributed by atoms with Gasteiger partial charge in [-0.2, -0.15) is 0 Å². The number of thioether (sulfide) groups is 1. The maximum Gasteiger partial charge on any atom is 0.326 e. The summed E-state index contributed by atoms with van der Waals surface area (Å²) in [6.07, 6.45) is 1.42. The molecule has 1 aromatic rings. The molecule has 0 aromatic heterocycles. The van der Waals surface area contributed by atoms with Crippen LogP contribution >= 0.6 is 35.0 Å². The van der Waals surface area contributed by atoms with Crippen LogP contribution in [0.3, 0.4) is 0 Å². The zero-order valence-corrected chi connectivity index (χ0v) is 15.7. The zero-order chi connectivity index (χ0) is 18.7. The lowest BCUT2D eigenvalue weighted by atomic mass is 10.2. The fraction of sp³-hybridized carbons (Fsp3) is 0.312. The third-order valence-electron chi connectivity index (χ3n) is 3.08. The number of carbonyl (C=O) groups is 3. The first kappa shape index (κ1) is 19.6. The number of benzene rings is 1. The maximum atomic E-state index is 12.3. The summed E-state index contributed by atoms with van der Waals surface area (Å²) in [5, 5.41) is 9.03. The normalized spacial score (nSPS) is 16.2. The number of nitrogens with zero attached hydrogens (tertiary/aromatic N) is 1. The number of aromatic hydroxyl groups is 1. The number of imide groups is 1. The topological polar surface area (TPSA) is 83.9 Å². The van der Waals surface area contributed by atoms with Crippen LogP contribution in [0.1, 0.15) is 19.4 Å². The molecule has 1 aromatic carbocycles. The van der Waals surface area contributed by atoms with Gasteiger partial charge in [-0.3, -0.25) is 19.3 Å². The minimum Gasteiger partial charge on any atom is -0.505 e. The van der Waals surface area contributed by atoms with E-state index in [1.54, 1.807) is 0 Å². The second-order valence-electron chi connectivity index (χ2n) is 5.68. The molecular formula is C16H15Cl2NO5S. The number of hydrogen-bond acceptors (Lipinski definition) is 6. The van der Waals surface area contributed by atoms with Gasteiger partial charge < -0.3 is 9.84 Å². The van der Waals surface area contributed by atoms with Crippen molar-refractivity contribution in [1.82, 2.24) is 4.90 Å². The number of halogens is 2. The lowest BCUT2D eigenvalue weighted by molar-refractivity contribution is -0.147. The van der Waals surface area contributed by atoms with E-state index in [2.05, 4.69) is 0 Å². The molecule has 1 N–H and O–H groups in total. The molecule has 0 spiro atoms. The molecule has 0 radical (unpaired) electrons. The molecule has 0 unspecified atom stereocenters. The Morgan fingerprint density at radius 2 is 1.92 bits per heavy atom. The molecule has 9 heteroatoms. The number of phenols is 1. The monoisotopic (exact) mass is 403 g/mol. The molecule has 1 fully saturated rings. The predicted octanol–water partition coefficient (Wildman–Crippen LogP) is 3.93. The van der Waals surface area contributed by atoms with Crippen molar-refractivity contribution in [1.29, 1.82) is 0 Å². The van der Waals surface area contributed by atoms with Crippen LogP contribution in [0.15, 0.2) is 17.0 Å².